The quantitative estimate of drug-likeness (QED) is 0.573. The number of sulfone groups is 1. The predicted octanol–water partition coefficient (Wildman–Crippen LogP) is 2.85. The fraction of sp³-hybridized carbons (Fsp3) is 0.500. The Kier molecular flexibility index (Phi) is 4.70. The van der Waals surface area contributed by atoms with Crippen LogP contribution in [0.1, 0.15) is 50.4 Å². The van der Waals surface area contributed by atoms with Crippen LogP contribution in [0.15, 0.2) is 27.6 Å². The molecule has 0 spiro atoms. The molecule has 9 nitrogen and oxygen atoms in total. The van der Waals surface area contributed by atoms with E-state index in [1.54, 1.807) is 6.07 Å². The molecule has 1 aromatic carbocycles. The molecule has 1 saturated heterocycles. The average Bonchev–Trinajstić information content (AvgIpc) is 3.22. The first-order valence-corrected chi connectivity index (χ1v) is 10.2. The molecule has 26 heavy (non-hydrogen) atoms. The van der Waals surface area contributed by atoms with Crippen LogP contribution >= 0.6 is 0 Å². The van der Waals surface area contributed by atoms with Gasteiger partial charge in [0.1, 0.15) is 4.90 Å². The molecule has 0 saturated carbocycles. The third-order valence-corrected chi connectivity index (χ3v) is 5.50. The van der Waals surface area contributed by atoms with Crippen LogP contribution in [0.5, 0.6) is 0 Å². The van der Waals surface area contributed by atoms with Crippen molar-refractivity contribution >= 4 is 21.2 Å². The van der Waals surface area contributed by atoms with Crippen molar-refractivity contribution in [1.82, 2.24) is 10.1 Å². The Bertz CT molecular complexity index is 938. The van der Waals surface area contributed by atoms with Gasteiger partial charge >= 0.3 is 0 Å². The second kappa shape index (κ2) is 6.67. The minimum absolute atomic E-state index is 0.113. The Labute approximate surface area is 151 Å². The zero-order chi connectivity index (χ0) is 19.1. The number of hydrogen-bond donors (Lipinski definition) is 0. The first kappa shape index (κ1) is 18.3. The molecule has 1 aliphatic rings. The predicted molar refractivity (Wildman–Crippen MR) is 93.9 cm³/mol. The summed E-state index contributed by atoms with van der Waals surface area (Å²) in [4.78, 5) is 16.6. The van der Waals surface area contributed by atoms with Crippen molar-refractivity contribution in [2.75, 3.05) is 17.7 Å². The van der Waals surface area contributed by atoms with E-state index in [1.165, 1.54) is 12.1 Å². The van der Waals surface area contributed by atoms with Crippen LogP contribution < -0.4 is 4.90 Å². The van der Waals surface area contributed by atoms with Gasteiger partial charge in [0.05, 0.1) is 11.0 Å². The molecule has 2 heterocycles. The zero-order valence-electron chi connectivity index (χ0n) is 14.7. The largest absolute Gasteiger partial charge is 0.361 e. The van der Waals surface area contributed by atoms with Crippen LogP contribution in [0.2, 0.25) is 0 Å². The molecule has 10 heteroatoms. The van der Waals surface area contributed by atoms with Crippen molar-refractivity contribution in [3.63, 3.8) is 0 Å². The first-order chi connectivity index (χ1) is 12.2. The Balaban J connectivity index is 2.00. The molecule has 1 unspecified atom stereocenters. The summed E-state index contributed by atoms with van der Waals surface area (Å²) in [6.45, 7) is 4.59. The smallest absolute Gasteiger partial charge is 0.288 e. The van der Waals surface area contributed by atoms with Crippen molar-refractivity contribution < 1.29 is 17.9 Å². The Morgan fingerprint density at radius 3 is 2.69 bits per heavy atom. The molecule has 1 aromatic heterocycles. The molecule has 0 aliphatic carbocycles. The fourth-order valence-corrected chi connectivity index (χ4v) is 3.95. The summed E-state index contributed by atoms with van der Waals surface area (Å²) in [5, 5.41) is 15.2. The summed E-state index contributed by atoms with van der Waals surface area (Å²) < 4.78 is 29.3. The van der Waals surface area contributed by atoms with E-state index < -0.39 is 20.4 Å². The first-order valence-electron chi connectivity index (χ1n) is 8.27. The van der Waals surface area contributed by atoms with E-state index in [-0.39, 0.29) is 16.9 Å². The number of nitro groups is 1. The standard InChI is InChI=1S/C16H20N4O5S/c1-10(2)16-17-15(18-25-16)13-5-4-8-19(13)11-6-7-12(20(21)22)14(9-11)26(3,23)24/h6-7,9-10,13H,4-5,8H2,1-3H3. The van der Waals surface area contributed by atoms with Gasteiger partial charge in [0, 0.05) is 30.5 Å². The SMILES string of the molecule is CC(C)c1nc(C2CCCN2c2ccc([N+](=O)[O-])c(S(C)(=O)=O)c2)no1. The van der Waals surface area contributed by atoms with Crippen molar-refractivity contribution in [1.29, 1.82) is 0 Å². The Hall–Kier alpha value is -2.49. The van der Waals surface area contributed by atoms with Gasteiger partial charge in [0.15, 0.2) is 15.7 Å². The number of aromatic nitrogens is 2. The fourth-order valence-electron chi connectivity index (χ4n) is 3.09. The Morgan fingerprint density at radius 2 is 2.12 bits per heavy atom. The summed E-state index contributed by atoms with van der Waals surface area (Å²) in [5.41, 5.74) is 0.170. The van der Waals surface area contributed by atoms with Crippen molar-refractivity contribution in [2.24, 2.45) is 0 Å². The lowest BCUT2D eigenvalue weighted by atomic mass is 10.2. The highest BCUT2D eigenvalue weighted by molar-refractivity contribution is 7.90. The van der Waals surface area contributed by atoms with Crippen molar-refractivity contribution in [3.05, 3.63) is 40.0 Å². The molecule has 2 aromatic rings. The van der Waals surface area contributed by atoms with Crippen LogP contribution in [-0.4, -0.2) is 36.3 Å². The van der Waals surface area contributed by atoms with E-state index >= 15 is 0 Å². The maximum absolute atomic E-state index is 12.0. The molecule has 140 valence electrons. The van der Waals surface area contributed by atoms with Crippen molar-refractivity contribution in [2.45, 2.75) is 43.5 Å². The molecule has 1 aliphatic heterocycles. The Morgan fingerprint density at radius 1 is 1.38 bits per heavy atom. The van der Waals surface area contributed by atoms with E-state index in [4.69, 9.17) is 4.52 Å². The molecule has 0 bridgehead atoms. The molecule has 0 N–H and O–H groups in total. The lowest BCUT2D eigenvalue weighted by Gasteiger charge is -2.24. The molecule has 0 amide bonds. The van der Waals surface area contributed by atoms with Gasteiger partial charge in [-0.05, 0) is 25.0 Å². The van der Waals surface area contributed by atoms with E-state index in [2.05, 4.69) is 10.1 Å². The molecular weight excluding hydrogens is 360 g/mol. The third-order valence-electron chi connectivity index (χ3n) is 4.37. The number of rotatable bonds is 5. The van der Waals surface area contributed by atoms with Gasteiger partial charge in [-0.1, -0.05) is 19.0 Å². The monoisotopic (exact) mass is 380 g/mol. The van der Waals surface area contributed by atoms with Gasteiger partial charge in [-0.15, -0.1) is 0 Å². The van der Waals surface area contributed by atoms with Gasteiger partial charge < -0.3 is 9.42 Å². The van der Waals surface area contributed by atoms with Gasteiger partial charge in [0.2, 0.25) is 5.89 Å². The highest BCUT2D eigenvalue weighted by Gasteiger charge is 2.32. The highest BCUT2D eigenvalue weighted by atomic mass is 32.2. The highest BCUT2D eigenvalue weighted by Crippen LogP contribution is 2.38. The molecule has 3 rings (SSSR count). The van der Waals surface area contributed by atoms with Crippen molar-refractivity contribution in [3.8, 4) is 0 Å². The molecule has 1 fully saturated rings. The lowest BCUT2D eigenvalue weighted by Crippen LogP contribution is -2.23. The molecular formula is C16H20N4O5S. The van der Waals surface area contributed by atoms with Gasteiger partial charge in [-0.3, -0.25) is 10.1 Å². The number of nitro benzene ring substituents is 1. The van der Waals surface area contributed by atoms with E-state index in [0.717, 1.165) is 19.1 Å². The van der Waals surface area contributed by atoms with Crippen LogP contribution in [0.4, 0.5) is 11.4 Å². The van der Waals surface area contributed by atoms with Crippen LogP contribution in [0.3, 0.4) is 0 Å². The van der Waals surface area contributed by atoms with E-state index in [0.29, 0.717) is 23.9 Å². The average molecular weight is 380 g/mol. The van der Waals surface area contributed by atoms with Gasteiger partial charge in [-0.2, -0.15) is 4.98 Å². The summed E-state index contributed by atoms with van der Waals surface area (Å²) in [7, 11) is -3.74. The van der Waals surface area contributed by atoms with Gasteiger partial charge in [-0.25, -0.2) is 8.42 Å². The number of benzene rings is 1. The number of hydrogen-bond acceptors (Lipinski definition) is 8. The molecule has 1 atom stereocenters. The normalized spacial score (nSPS) is 17.8. The number of nitrogens with zero attached hydrogens (tertiary/aromatic N) is 4. The number of anilines is 1. The van der Waals surface area contributed by atoms with E-state index in [1.807, 2.05) is 18.7 Å². The topological polar surface area (TPSA) is 119 Å². The maximum atomic E-state index is 12.0. The summed E-state index contributed by atoms with van der Waals surface area (Å²) in [6, 6.07) is 4.00. The minimum Gasteiger partial charge on any atom is -0.361 e. The zero-order valence-corrected chi connectivity index (χ0v) is 15.6. The van der Waals surface area contributed by atoms with Crippen LogP contribution in [0, 0.1) is 10.1 Å². The van der Waals surface area contributed by atoms with Crippen LogP contribution in [-0.2, 0) is 9.84 Å². The lowest BCUT2D eigenvalue weighted by molar-refractivity contribution is -0.387. The summed E-state index contributed by atoms with van der Waals surface area (Å²) in [6.07, 6.45) is 2.64. The molecule has 0 radical (unpaired) electrons. The third kappa shape index (κ3) is 3.41. The second-order valence-electron chi connectivity index (χ2n) is 6.68. The summed E-state index contributed by atoms with van der Waals surface area (Å²) >= 11 is 0. The summed E-state index contributed by atoms with van der Waals surface area (Å²) in [5.74, 6) is 1.21. The van der Waals surface area contributed by atoms with Gasteiger partial charge in [0.25, 0.3) is 5.69 Å². The van der Waals surface area contributed by atoms with E-state index in [9.17, 15) is 18.5 Å². The van der Waals surface area contributed by atoms with Crippen LogP contribution in [0.25, 0.3) is 0 Å². The maximum Gasteiger partial charge on any atom is 0.288 e. The minimum atomic E-state index is -3.74. The second-order valence-corrected chi connectivity index (χ2v) is 8.66.